The Hall–Kier alpha value is -1.54. The third-order valence-corrected chi connectivity index (χ3v) is 1.77. The molecule has 0 saturated heterocycles. The maximum atomic E-state index is 12.2. The average molecular weight is 217 g/mol. The van der Waals surface area contributed by atoms with Gasteiger partial charge in [0, 0.05) is 0 Å². The van der Waals surface area contributed by atoms with Crippen molar-refractivity contribution in [3.63, 3.8) is 0 Å². The highest BCUT2D eigenvalue weighted by Crippen LogP contribution is 2.26. The molecular weight excluding hydrogens is 214 g/mol. The fourth-order valence-electron chi connectivity index (χ4n) is 0.850. The Bertz CT molecular complexity index is 415. The van der Waals surface area contributed by atoms with Crippen LogP contribution in [0.4, 0.5) is 8.78 Å². The normalized spacial score (nSPS) is 9.93. The highest BCUT2D eigenvalue weighted by atomic mass is 35.5. The molecule has 0 radical (unpaired) electrons. The first kappa shape index (κ1) is 10.5. The van der Waals surface area contributed by atoms with E-state index in [1.807, 2.05) is 0 Å². The molecule has 1 aromatic heterocycles. The number of nitrogens with zero attached hydrogens (tertiary/aromatic N) is 2. The second kappa shape index (κ2) is 4.11. The number of aromatic nitrogens is 1. The summed E-state index contributed by atoms with van der Waals surface area (Å²) >= 11 is 5.42. The molecule has 0 atom stereocenters. The Morgan fingerprint density at radius 2 is 2.29 bits per heavy atom. The quantitative estimate of drug-likeness (QED) is 0.713. The van der Waals surface area contributed by atoms with Crippen LogP contribution in [0.25, 0.3) is 0 Å². The van der Waals surface area contributed by atoms with Crippen molar-refractivity contribution in [2.45, 2.75) is 6.43 Å². The van der Waals surface area contributed by atoms with Crippen molar-refractivity contribution in [1.29, 1.82) is 5.26 Å². The first-order valence-electron chi connectivity index (χ1n) is 3.44. The van der Waals surface area contributed by atoms with Gasteiger partial charge in [0.25, 0.3) is 6.43 Å². The third kappa shape index (κ3) is 1.86. The molecule has 0 aromatic carbocycles. The zero-order valence-corrected chi connectivity index (χ0v) is 7.42. The van der Waals surface area contributed by atoms with Crippen molar-refractivity contribution in [2.24, 2.45) is 0 Å². The summed E-state index contributed by atoms with van der Waals surface area (Å²) in [5.74, 6) is 0. The number of carbonyl (C=O) groups excluding carboxylic acids is 1. The Morgan fingerprint density at radius 3 is 2.71 bits per heavy atom. The van der Waals surface area contributed by atoms with Crippen LogP contribution in [0, 0.1) is 11.3 Å². The molecule has 0 aliphatic rings. The number of carbonyl (C=O) groups is 1. The summed E-state index contributed by atoms with van der Waals surface area (Å²) in [4.78, 5) is 13.7. The number of nitriles is 1. The van der Waals surface area contributed by atoms with Crippen LogP contribution in [0.1, 0.15) is 28.2 Å². The molecule has 0 amide bonds. The van der Waals surface area contributed by atoms with E-state index < -0.39 is 12.1 Å². The molecule has 0 N–H and O–H groups in total. The fraction of sp³-hybridized carbons (Fsp3) is 0.125. The second-order valence-electron chi connectivity index (χ2n) is 2.32. The Kier molecular flexibility index (Phi) is 3.10. The Morgan fingerprint density at radius 1 is 1.64 bits per heavy atom. The van der Waals surface area contributed by atoms with Crippen molar-refractivity contribution >= 4 is 17.9 Å². The van der Waals surface area contributed by atoms with Crippen LogP contribution in [-0.4, -0.2) is 11.3 Å². The standard InChI is InChI=1S/C8H3ClF2N2O/c9-5-1-4(2-12)6(3-14)13-7(5)8(10)11/h1,3,8H. The lowest BCUT2D eigenvalue weighted by Crippen LogP contribution is -1.99. The smallest absolute Gasteiger partial charge is 0.281 e. The summed E-state index contributed by atoms with van der Waals surface area (Å²) in [5, 5.41) is 8.19. The monoisotopic (exact) mass is 216 g/mol. The highest BCUT2D eigenvalue weighted by Gasteiger charge is 2.17. The number of hydrogen-bond donors (Lipinski definition) is 0. The fourth-order valence-corrected chi connectivity index (χ4v) is 1.08. The number of alkyl halides is 2. The molecular formula is C8H3ClF2N2O. The molecule has 0 saturated carbocycles. The van der Waals surface area contributed by atoms with E-state index >= 15 is 0 Å². The first-order chi connectivity index (χ1) is 6.60. The summed E-state index contributed by atoms with van der Waals surface area (Å²) in [6.07, 6.45) is -2.63. The van der Waals surface area contributed by atoms with Gasteiger partial charge in [-0.25, -0.2) is 13.8 Å². The highest BCUT2D eigenvalue weighted by molar-refractivity contribution is 6.31. The lowest BCUT2D eigenvalue weighted by Gasteiger charge is -2.03. The average Bonchev–Trinajstić information content (AvgIpc) is 2.16. The summed E-state index contributed by atoms with van der Waals surface area (Å²) in [6, 6.07) is 2.63. The zero-order valence-electron chi connectivity index (χ0n) is 6.67. The van der Waals surface area contributed by atoms with Gasteiger partial charge in [-0.15, -0.1) is 0 Å². The molecule has 6 heteroatoms. The van der Waals surface area contributed by atoms with Crippen molar-refractivity contribution in [3.05, 3.63) is 28.0 Å². The maximum Gasteiger partial charge on any atom is 0.281 e. The molecule has 0 aliphatic heterocycles. The predicted molar refractivity (Wildman–Crippen MR) is 44.3 cm³/mol. The van der Waals surface area contributed by atoms with Crippen LogP contribution in [0.2, 0.25) is 5.02 Å². The van der Waals surface area contributed by atoms with Gasteiger partial charge in [0.15, 0.2) is 6.29 Å². The summed E-state index contributed by atoms with van der Waals surface area (Å²) in [7, 11) is 0. The molecule has 1 aromatic rings. The van der Waals surface area contributed by atoms with Crippen LogP contribution < -0.4 is 0 Å². The van der Waals surface area contributed by atoms with Gasteiger partial charge in [-0.1, -0.05) is 11.6 Å². The second-order valence-corrected chi connectivity index (χ2v) is 2.73. The van der Waals surface area contributed by atoms with E-state index in [-0.39, 0.29) is 22.6 Å². The van der Waals surface area contributed by atoms with Crippen molar-refractivity contribution in [2.75, 3.05) is 0 Å². The number of rotatable bonds is 2. The van der Waals surface area contributed by atoms with Crippen molar-refractivity contribution in [3.8, 4) is 6.07 Å². The van der Waals surface area contributed by atoms with Gasteiger partial charge in [-0.3, -0.25) is 4.79 Å². The van der Waals surface area contributed by atoms with Crippen LogP contribution in [0.3, 0.4) is 0 Å². The first-order valence-corrected chi connectivity index (χ1v) is 3.81. The van der Waals surface area contributed by atoms with Gasteiger partial charge >= 0.3 is 0 Å². The van der Waals surface area contributed by atoms with E-state index in [9.17, 15) is 13.6 Å². The van der Waals surface area contributed by atoms with Crippen LogP contribution >= 0.6 is 11.6 Å². The molecule has 1 rings (SSSR count). The van der Waals surface area contributed by atoms with Gasteiger partial charge in [-0.2, -0.15) is 5.26 Å². The number of pyridine rings is 1. The minimum Gasteiger partial charge on any atom is -0.296 e. The summed E-state index contributed by atoms with van der Waals surface area (Å²) < 4.78 is 24.5. The largest absolute Gasteiger partial charge is 0.296 e. The Labute approximate surface area is 82.9 Å². The lowest BCUT2D eigenvalue weighted by molar-refractivity contribution is 0.111. The third-order valence-electron chi connectivity index (χ3n) is 1.47. The van der Waals surface area contributed by atoms with Crippen molar-refractivity contribution in [1.82, 2.24) is 4.98 Å². The SMILES string of the molecule is N#Cc1cc(Cl)c(C(F)F)nc1C=O. The van der Waals surface area contributed by atoms with Gasteiger partial charge in [0.1, 0.15) is 17.5 Å². The maximum absolute atomic E-state index is 12.2. The molecule has 0 bridgehead atoms. The molecule has 0 unspecified atom stereocenters. The molecule has 0 aliphatic carbocycles. The van der Waals surface area contributed by atoms with E-state index in [4.69, 9.17) is 16.9 Å². The number of halogens is 3. The van der Waals surface area contributed by atoms with Crippen LogP contribution in [0.5, 0.6) is 0 Å². The van der Waals surface area contributed by atoms with E-state index in [0.29, 0.717) is 0 Å². The minimum atomic E-state index is -2.87. The topological polar surface area (TPSA) is 53.8 Å². The minimum absolute atomic E-state index is 0.116. The lowest BCUT2D eigenvalue weighted by atomic mass is 10.2. The predicted octanol–water partition coefficient (Wildman–Crippen LogP) is 2.36. The molecule has 0 spiro atoms. The Balaban J connectivity index is 3.39. The summed E-state index contributed by atoms with van der Waals surface area (Å²) in [5.41, 5.74) is -1.13. The van der Waals surface area contributed by atoms with E-state index in [0.717, 1.165) is 6.07 Å². The molecule has 1 heterocycles. The van der Waals surface area contributed by atoms with Gasteiger partial charge in [0.2, 0.25) is 0 Å². The molecule has 0 fully saturated rings. The molecule has 3 nitrogen and oxygen atoms in total. The van der Waals surface area contributed by atoms with E-state index in [2.05, 4.69) is 4.98 Å². The molecule has 72 valence electrons. The zero-order chi connectivity index (χ0) is 10.7. The van der Waals surface area contributed by atoms with Crippen LogP contribution in [-0.2, 0) is 0 Å². The van der Waals surface area contributed by atoms with Gasteiger partial charge in [0.05, 0.1) is 10.6 Å². The number of aldehydes is 1. The van der Waals surface area contributed by atoms with Crippen molar-refractivity contribution < 1.29 is 13.6 Å². The number of hydrogen-bond acceptors (Lipinski definition) is 3. The summed E-state index contributed by atoms with van der Waals surface area (Å²) in [6.45, 7) is 0. The van der Waals surface area contributed by atoms with Gasteiger partial charge < -0.3 is 0 Å². The molecule has 14 heavy (non-hydrogen) atoms. The van der Waals surface area contributed by atoms with Crippen LogP contribution in [0.15, 0.2) is 6.07 Å². The van der Waals surface area contributed by atoms with Gasteiger partial charge in [-0.05, 0) is 6.07 Å². The van der Waals surface area contributed by atoms with E-state index in [1.165, 1.54) is 0 Å². The van der Waals surface area contributed by atoms with E-state index in [1.54, 1.807) is 6.07 Å².